The number of carbonyl (C=O) groups is 2. The molecule has 1 rings (SSSR count). The van der Waals surface area contributed by atoms with Gasteiger partial charge in [-0.05, 0) is 30.5 Å². The molecule has 0 heterocycles. The topological polar surface area (TPSA) is 61.8 Å². The van der Waals surface area contributed by atoms with Gasteiger partial charge in [-0.1, -0.05) is 24.3 Å². The lowest BCUT2D eigenvalue weighted by Crippen LogP contribution is -2.26. The van der Waals surface area contributed by atoms with Gasteiger partial charge in [0.15, 0.2) is 5.92 Å². The Kier molecular flexibility index (Phi) is 7.01. The number of ether oxygens (including phenoxy) is 3. The number of allylic oxidation sites excluding steroid dienone is 1. The van der Waals surface area contributed by atoms with Crippen LogP contribution in [0, 0.1) is 5.92 Å². The Morgan fingerprint density at radius 1 is 1.05 bits per heavy atom. The lowest BCUT2D eigenvalue weighted by atomic mass is 10.0. The van der Waals surface area contributed by atoms with Crippen LogP contribution in [0.2, 0.25) is 0 Å². The molecule has 0 N–H and O–H groups in total. The maximum absolute atomic E-state index is 11.5. The van der Waals surface area contributed by atoms with E-state index in [9.17, 15) is 9.59 Å². The van der Waals surface area contributed by atoms with Crippen molar-refractivity contribution in [1.29, 1.82) is 0 Å². The zero-order chi connectivity index (χ0) is 15.7. The zero-order valence-corrected chi connectivity index (χ0v) is 12.5. The van der Waals surface area contributed by atoms with Crippen LogP contribution in [0.3, 0.4) is 0 Å². The Bertz CT molecular complexity index is 474. The van der Waals surface area contributed by atoms with Gasteiger partial charge >= 0.3 is 11.9 Å². The molecule has 0 aliphatic carbocycles. The van der Waals surface area contributed by atoms with Crippen LogP contribution in [0.15, 0.2) is 30.3 Å². The van der Waals surface area contributed by atoms with Crippen molar-refractivity contribution in [3.05, 3.63) is 35.9 Å². The SMILES string of the molecule is COC(=O)C(CCC=Cc1ccc(OC)cc1)C(=O)OC. The van der Waals surface area contributed by atoms with Gasteiger partial charge in [-0.25, -0.2) is 0 Å². The molecule has 0 radical (unpaired) electrons. The van der Waals surface area contributed by atoms with Gasteiger partial charge in [0.1, 0.15) is 5.75 Å². The van der Waals surface area contributed by atoms with E-state index in [-0.39, 0.29) is 0 Å². The Labute approximate surface area is 124 Å². The maximum atomic E-state index is 11.5. The van der Waals surface area contributed by atoms with E-state index < -0.39 is 17.9 Å². The summed E-state index contributed by atoms with van der Waals surface area (Å²) in [7, 11) is 4.13. The monoisotopic (exact) mass is 292 g/mol. The van der Waals surface area contributed by atoms with Gasteiger partial charge in [-0.2, -0.15) is 0 Å². The van der Waals surface area contributed by atoms with Crippen LogP contribution in [0.1, 0.15) is 18.4 Å². The molecule has 1 aromatic rings. The number of esters is 2. The number of hydrogen-bond acceptors (Lipinski definition) is 5. The summed E-state index contributed by atoms with van der Waals surface area (Å²) in [5.74, 6) is -1.22. The second-order valence-electron chi connectivity index (χ2n) is 4.35. The van der Waals surface area contributed by atoms with Crippen LogP contribution < -0.4 is 4.74 Å². The molecule has 1 aromatic carbocycles. The number of methoxy groups -OCH3 is 3. The van der Waals surface area contributed by atoms with E-state index in [4.69, 9.17) is 4.74 Å². The third-order valence-corrected chi connectivity index (χ3v) is 3.02. The second kappa shape index (κ2) is 8.79. The van der Waals surface area contributed by atoms with Crippen LogP contribution in [-0.2, 0) is 19.1 Å². The van der Waals surface area contributed by atoms with E-state index >= 15 is 0 Å². The van der Waals surface area contributed by atoms with E-state index in [2.05, 4.69) is 9.47 Å². The summed E-state index contributed by atoms with van der Waals surface area (Å²) < 4.78 is 14.3. The van der Waals surface area contributed by atoms with Crippen LogP contribution >= 0.6 is 0 Å². The molecule has 0 spiro atoms. The summed E-state index contributed by atoms with van der Waals surface area (Å²) in [6.07, 6.45) is 4.75. The molecule has 0 aromatic heterocycles. The van der Waals surface area contributed by atoms with Crippen LogP contribution in [-0.4, -0.2) is 33.3 Å². The molecule has 5 heteroatoms. The minimum absolute atomic E-state index is 0.353. The highest BCUT2D eigenvalue weighted by atomic mass is 16.5. The van der Waals surface area contributed by atoms with Gasteiger partial charge in [0, 0.05) is 0 Å². The van der Waals surface area contributed by atoms with Gasteiger partial charge in [-0.3, -0.25) is 9.59 Å². The molecule has 0 saturated carbocycles. The van der Waals surface area contributed by atoms with Crippen LogP contribution in [0.4, 0.5) is 0 Å². The molecule has 21 heavy (non-hydrogen) atoms. The Morgan fingerprint density at radius 2 is 1.62 bits per heavy atom. The van der Waals surface area contributed by atoms with Crippen LogP contribution in [0.5, 0.6) is 5.75 Å². The highest BCUT2D eigenvalue weighted by Gasteiger charge is 2.27. The van der Waals surface area contributed by atoms with Crippen LogP contribution in [0.25, 0.3) is 6.08 Å². The largest absolute Gasteiger partial charge is 0.497 e. The smallest absolute Gasteiger partial charge is 0.320 e. The van der Waals surface area contributed by atoms with E-state index in [1.54, 1.807) is 7.11 Å². The summed E-state index contributed by atoms with van der Waals surface area (Å²) in [5, 5.41) is 0. The van der Waals surface area contributed by atoms with Crippen molar-refractivity contribution in [2.24, 2.45) is 5.92 Å². The van der Waals surface area contributed by atoms with Crippen molar-refractivity contribution in [3.63, 3.8) is 0 Å². The fourth-order valence-electron chi connectivity index (χ4n) is 1.81. The minimum atomic E-state index is -0.875. The van der Waals surface area contributed by atoms with Crippen molar-refractivity contribution >= 4 is 18.0 Å². The molecule has 0 fully saturated rings. The summed E-state index contributed by atoms with van der Waals surface area (Å²) in [6.45, 7) is 0. The first-order chi connectivity index (χ1) is 10.1. The van der Waals surface area contributed by atoms with Gasteiger partial charge < -0.3 is 14.2 Å². The standard InChI is InChI=1S/C16H20O5/c1-19-13-10-8-12(9-11-13)6-4-5-7-14(15(17)20-2)16(18)21-3/h4,6,8-11,14H,5,7H2,1-3H3. The Hall–Kier alpha value is -2.30. The molecule has 0 atom stereocenters. The predicted octanol–water partition coefficient (Wildman–Crippen LogP) is 2.45. The average Bonchev–Trinajstić information content (AvgIpc) is 2.54. The number of rotatable bonds is 7. The molecular weight excluding hydrogens is 272 g/mol. The molecule has 114 valence electrons. The Balaban J connectivity index is 2.54. The van der Waals surface area contributed by atoms with Crippen molar-refractivity contribution in [2.75, 3.05) is 21.3 Å². The molecule has 0 unspecified atom stereocenters. The van der Waals surface area contributed by atoms with Gasteiger partial charge in [-0.15, -0.1) is 0 Å². The average molecular weight is 292 g/mol. The number of hydrogen-bond donors (Lipinski definition) is 0. The maximum Gasteiger partial charge on any atom is 0.320 e. The highest BCUT2D eigenvalue weighted by Crippen LogP contribution is 2.15. The summed E-state index contributed by atoms with van der Waals surface area (Å²) in [5.41, 5.74) is 1.02. The van der Waals surface area contributed by atoms with Gasteiger partial charge in [0.25, 0.3) is 0 Å². The second-order valence-corrected chi connectivity index (χ2v) is 4.35. The first-order valence-corrected chi connectivity index (χ1v) is 6.58. The normalized spacial score (nSPS) is 10.7. The van der Waals surface area contributed by atoms with Crippen molar-refractivity contribution in [1.82, 2.24) is 0 Å². The van der Waals surface area contributed by atoms with Gasteiger partial charge in [0.2, 0.25) is 0 Å². The summed E-state index contributed by atoms with van der Waals surface area (Å²) in [6, 6.07) is 7.58. The van der Waals surface area contributed by atoms with Crippen molar-refractivity contribution in [2.45, 2.75) is 12.8 Å². The third kappa shape index (κ3) is 5.30. The van der Waals surface area contributed by atoms with Crippen molar-refractivity contribution in [3.8, 4) is 5.75 Å². The molecule has 0 aliphatic heterocycles. The fraction of sp³-hybridized carbons (Fsp3) is 0.375. The van der Waals surface area contributed by atoms with E-state index in [1.807, 2.05) is 36.4 Å². The van der Waals surface area contributed by atoms with E-state index in [0.29, 0.717) is 12.8 Å². The minimum Gasteiger partial charge on any atom is -0.497 e. The fourth-order valence-corrected chi connectivity index (χ4v) is 1.81. The predicted molar refractivity (Wildman–Crippen MR) is 78.8 cm³/mol. The number of benzene rings is 1. The quantitative estimate of drug-likeness (QED) is 0.570. The first kappa shape index (κ1) is 16.8. The van der Waals surface area contributed by atoms with E-state index in [0.717, 1.165) is 11.3 Å². The highest BCUT2D eigenvalue weighted by molar-refractivity contribution is 5.94. The zero-order valence-electron chi connectivity index (χ0n) is 12.5. The summed E-state index contributed by atoms with van der Waals surface area (Å²) in [4.78, 5) is 23.0. The Morgan fingerprint density at radius 3 is 2.10 bits per heavy atom. The van der Waals surface area contributed by atoms with Crippen molar-refractivity contribution < 1.29 is 23.8 Å². The first-order valence-electron chi connectivity index (χ1n) is 6.58. The molecule has 0 aliphatic rings. The van der Waals surface area contributed by atoms with Gasteiger partial charge in [0.05, 0.1) is 21.3 Å². The number of carbonyl (C=O) groups excluding carboxylic acids is 2. The molecule has 0 bridgehead atoms. The lowest BCUT2D eigenvalue weighted by Gasteiger charge is -2.10. The molecule has 5 nitrogen and oxygen atoms in total. The lowest BCUT2D eigenvalue weighted by molar-refractivity contribution is -0.159. The third-order valence-electron chi connectivity index (χ3n) is 3.02. The molecular formula is C16H20O5. The molecule has 0 amide bonds. The molecule has 0 saturated heterocycles. The summed E-state index contributed by atoms with van der Waals surface area (Å²) >= 11 is 0. The van der Waals surface area contributed by atoms with E-state index in [1.165, 1.54) is 14.2 Å².